The second-order valence-electron chi connectivity index (χ2n) is 6.46. The Balaban J connectivity index is 1.58. The number of halogens is 2. The lowest BCUT2D eigenvalue weighted by molar-refractivity contribution is -0.121. The van der Waals surface area contributed by atoms with Crippen LogP contribution in [-0.4, -0.2) is 33.1 Å². The third-order valence-electron chi connectivity index (χ3n) is 4.31. The van der Waals surface area contributed by atoms with Crippen molar-refractivity contribution in [1.29, 1.82) is 0 Å². The van der Waals surface area contributed by atoms with Gasteiger partial charge in [0.2, 0.25) is 11.7 Å². The first-order valence-corrected chi connectivity index (χ1v) is 10.2. The zero-order chi connectivity index (χ0) is 21.5. The van der Waals surface area contributed by atoms with Gasteiger partial charge in [0, 0.05) is 25.9 Å². The van der Waals surface area contributed by atoms with Gasteiger partial charge in [0.05, 0.1) is 10.0 Å². The molecule has 0 fully saturated rings. The second-order valence-corrected chi connectivity index (χ2v) is 7.27. The van der Waals surface area contributed by atoms with Crippen molar-refractivity contribution in [3.05, 3.63) is 75.8 Å². The first-order valence-electron chi connectivity index (χ1n) is 9.48. The number of aromatic nitrogens is 3. The number of carbonyl (C=O) groups excluding carboxylic acids is 2. The molecular weight excluding hydrogens is 425 g/mol. The second kappa shape index (κ2) is 10.2. The molecule has 0 aliphatic carbocycles. The van der Waals surface area contributed by atoms with Crippen LogP contribution >= 0.6 is 23.2 Å². The number of para-hydroxylation sites is 1. The molecule has 9 heteroatoms. The third kappa shape index (κ3) is 5.37. The number of nitrogens with one attached hydrogen (secondary N) is 2. The van der Waals surface area contributed by atoms with Crippen molar-refractivity contribution in [3.63, 3.8) is 0 Å². The average Bonchev–Trinajstić information content (AvgIpc) is 3.17. The van der Waals surface area contributed by atoms with E-state index in [4.69, 9.17) is 23.2 Å². The van der Waals surface area contributed by atoms with Crippen LogP contribution in [0.3, 0.4) is 0 Å². The lowest BCUT2D eigenvalue weighted by atomic mass is 10.2. The minimum Gasteiger partial charge on any atom is -0.352 e. The molecule has 1 heterocycles. The van der Waals surface area contributed by atoms with Gasteiger partial charge in [-0.15, -0.1) is 5.10 Å². The van der Waals surface area contributed by atoms with E-state index < -0.39 is 5.91 Å². The minimum atomic E-state index is -0.470. The van der Waals surface area contributed by atoms with E-state index in [1.807, 2.05) is 37.3 Å². The third-order valence-corrected chi connectivity index (χ3v) is 4.92. The largest absolute Gasteiger partial charge is 0.352 e. The summed E-state index contributed by atoms with van der Waals surface area (Å²) in [4.78, 5) is 28.7. The molecule has 0 saturated carbocycles. The number of aryl methyl sites for hydroxylation is 1. The Morgan fingerprint density at radius 2 is 1.70 bits per heavy atom. The SMILES string of the molecule is CCc1nc(C(=O)NCCC(=O)NCc2ccccc2)nn1-c1c(Cl)cccc1Cl. The standard InChI is InChI=1S/C21H21Cl2N5O2/c1-2-17-26-20(27-28(17)19-15(22)9-6-10-16(19)23)21(30)24-12-11-18(29)25-13-14-7-4-3-5-8-14/h3-10H,2,11-13H2,1H3,(H,24,30)(H,25,29). The van der Waals surface area contributed by atoms with E-state index in [9.17, 15) is 9.59 Å². The summed E-state index contributed by atoms with van der Waals surface area (Å²) in [5, 5.41) is 10.6. The molecular formula is C21H21Cl2N5O2. The Bertz CT molecular complexity index is 1020. The molecule has 2 aromatic carbocycles. The van der Waals surface area contributed by atoms with Gasteiger partial charge >= 0.3 is 0 Å². The lowest BCUT2D eigenvalue weighted by Gasteiger charge is -2.08. The number of amides is 2. The highest BCUT2D eigenvalue weighted by Crippen LogP contribution is 2.28. The zero-order valence-corrected chi connectivity index (χ0v) is 17.9. The highest BCUT2D eigenvalue weighted by Gasteiger charge is 2.19. The molecule has 2 N–H and O–H groups in total. The van der Waals surface area contributed by atoms with Crippen LogP contribution in [0.5, 0.6) is 0 Å². The molecule has 0 saturated heterocycles. The van der Waals surface area contributed by atoms with Crippen LogP contribution in [0.15, 0.2) is 48.5 Å². The molecule has 0 spiro atoms. The monoisotopic (exact) mass is 445 g/mol. The molecule has 0 radical (unpaired) electrons. The van der Waals surface area contributed by atoms with Gasteiger partial charge in [0.15, 0.2) is 0 Å². The van der Waals surface area contributed by atoms with Gasteiger partial charge in [0.1, 0.15) is 11.5 Å². The Labute approximate surface area is 184 Å². The average molecular weight is 446 g/mol. The first kappa shape index (κ1) is 21.8. The quantitative estimate of drug-likeness (QED) is 0.554. The fourth-order valence-corrected chi connectivity index (χ4v) is 3.35. The maximum Gasteiger partial charge on any atom is 0.290 e. The fourth-order valence-electron chi connectivity index (χ4n) is 2.79. The predicted molar refractivity (Wildman–Crippen MR) is 116 cm³/mol. The molecule has 0 aliphatic heterocycles. The molecule has 156 valence electrons. The Hall–Kier alpha value is -2.90. The van der Waals surface area contributed by atoms with E-state index in [1.54, 1.807) is 18.2 Å². The van der Waals surface area contributed by atoms with E-state index >= 15 is 0 Å². The van der Waals surface area contributed by atoms with Gasteiger partial charge in [-0.25, -0.2) is 9.67 Å². The number of hydrogen-bond donors (Lipinski definition) is 2. The van der Waals surface area contributed by atoms with Crippen molar-refractivity contribution in [2.24, 2.45) is 0 Å². The van der Waals surface area contributed by atoms with Crippen molar-refractivity contribution in [1.82, 2.24) is 25.4 Å². The van der Waals surface area contributed by atoms with Gasteiger partial charge in [-0.05, 0) is 17.7 Å². The highest BCUT2D eigenvalue weighted by atomic mass is 35.5. The van der Waals surface area contributed by atoms with Crippen molar-refractivity contribution < 1.29 is 9.59 Å². The minimum absolute atomic E-state index is 0.00692. The summed E-state index contributed by atoms with van der Waals surface area (Å²) in [5.74, 6) is -0.0829. The van der Waals surface area contributed by atoms with E-state index in [1.165, 1.54) is 4.68 Å². The van der Waals surface area contributed by atoms with Gasteiger partial charge in [-0.1, -0.05) is 66.5 Å². The molecule has 0 aliphatic rings. The smallest absolute Gasteiger partial charge is 0.290 e. The molecule has 0 bridgehead atoms. The van der Waals surface area contributed by atoms with Crippen LogP contribution in [0, 0.1) is 0 Å². The van der Waals surface area contributed by atoms with Crippen molar-refractivity contribution in [2.45, 2.75) is 26.3 Å². The molecule has 7 nitrogen and oxygen atoms in total. The first-order chi connectivity index (χ1) is 14.5. The zero-order valence-electron chi connectivity index (χ0n) is 16.4. The fraction of sp³-hybridized carbons (Fsp3) is 0.238. The van der Waals surface area contributed by atoms with E-state index in [-0.39, 0.29) is 24.7 Å². The summed E-state index contributed by atoms with van der Waals surface area (Å²) in [6, 6.07) is 14.7. The van der Waals surface area contributed by atoms with Crippen LogP contribution < -0.4 is 10.6 Å². The molecule has 30 heavy (non-hydrogen) atoms. The van der Waals surface area contributed by atoms with Gasteiger partial charge < -0.3 is 10.6 Å². The number of carbonyl (C=O) groups is 2. The normalized spacial score (nSPS) is 10.6. The van der Waals surface area contributed by atoms with Crippen LogP contribution in [-0.2, 0) is 17.8 Å². The molecule has 3 aromatic rings. The van der Waals surface area contributed by atoms with Crippen molar-refractivity contribution in [3.8, 4) is 5.69 Å². The topological polar surface area (TPSA) is 88.9 Å². The van der Waals surface area contributed by atoms with Gasteiger partial charge in [-0.2, -0.15) is 0 Å². The molecule has 0 atom stereocenters. The van der Waals surface area contributed by atoms with Crippen LogP contribution in [0.1, 0.15) is 35.4 Å². The maximum absolute atomic E-state index is 12.4. The summed E-state index contributed by atoms with van der Waals surface area (Å²) in [5.41, 5.74) is 1.49. The van der Waals surface area contributed by atoms with Gasteiger partial charge in [0.25, 0.3) is 5.91 Å². The van der Waals surface area contributed by atoms with Crippen LogP contribution in [0.25, 0.3) is 5.69 Å². The van der Waals surface area contributed by atoms with Crippen LogP contribution in [0.4, 0.5) is 0 Å². The summed E-state index contributed by atoms with van der Waals surface area (Å²) in [7, 11) is 0. The van der Waals surface area contributed by atoms with Crippen molar-refractivity contribution >= 4 is 35.0 Å². The number of benzene rings is 2. The van der Waals surface area contributed by atoms with E-state index in [0.717, 1.165) is 5.56 Å². The molecule has 3 rings (SSSR count). The number of nitrogens with zero attached hydrogens (tertiary/aromatic N) is 3. The maximum atomic E-state index is 12.4. The van der Waals surface area contributed by atoms with E-state index in [0.29, 0.717) is 34.5 Å². The summed E-state index contributed by atoms with van der Waals surface area (Å²) < 4.78 is 1.48. The number of hydrogen-bond acceptors (Lipinski definition) is 4. The Morgan fingerprint density at radius 1 is 1.00 bits per heavy atom. The van der Waals surface area contributed by atoms with Crippen LogP contribution in [0.2, 0.25) is 10.0 Å². The summed E-state index contributed by atoms with van der Waals surface area (Å²) in [6.07, 6.45) is 0.681. The van der Waals surface area contributed by atoms with Crippen molar-refractivity contribution in [2.75, 3.05) is 6.54 Å². The predicted octanol–water partition coefficient (Wildman–Crippen LogP) is 3.57. The summed E-state index contributed by atoms with van der Waals surface area (Å²) in [6.45, 7) is 2.50. The molecule has 1 aromatic heterocycles. The highest BCUT2D eigenvalue weighted by molar-refractivity contribution is 6.37. The Morgan fingerprint density at radius 3 is 2.37 bits per heavy atom. The molecule has 2 amide bonds. The molecule has 0 unspecified atom stereocenters. The lowest BCUT2D eigenvalue weighted by Crippen LogP contribution is -2.31. The van der Waals surface area contributed by atoms with E-state index in [2.05, 4.69) is 20.7 Å². The number of rotatable bonds is 8. The Kier molecular flexibility index (Phi) is 7.43. The van der Waals surface area contributed by atoms with Gasteiger partial charge in [-0.3, -0.25) is 9.59 Å². The summed E-state index contributed by atoms with van der Waals surface area (Å²) >= 11 is 12.5.